The predicted molar refractivity (Wildman–Crippen MR) is 116 cm³/mol. The minimum atomic E-state index is -0.294. The Kier molecular flexibility index (Phi) is 4.82. The van der Waals surface area contributed by atoms with Crippen molar-refractivity contribution in [3.05, 3.63) is 40.1 Å². The van der Waals surface area contributed by atoms with Gasteiger partial charge in [-0.1, -0.05) is 0 Å². The van der Waals surface area contributed by atoms with E-state index in [1.165, 1.54) is 22.6 Å². The number of carbonyl (C=O) groups excluding carboxylic acids is 1. The number of aryl methyl sites for hydroxylation is 1. The van der Waals surface area contributed by atoms with Gasteiger partial charge < -0.3 is 9.47 Å². The van der Waals surface area contributed by atoms with E-state index in [1.807, 2.05) is 17.7 Å². The van der Waals surface area contributed by atoms with Gasteiger partial charge in [0, 0.05) is 60.6 Å². The second kappa shape index (κ2) is 7.24. The van der Waals surface area contributed by atoms with Crippen molar-refractivity contribution in [2.45, 2.75) is 58.5 Å². The van der Waals surface area contributed by atoms with Crippen LogP contribution in [-0.2, 0) is 11.3 Å². The molecule has 1 aliphatic carbocycles. The van der Waals surface area contributed by atoms with Crippen molar-refractivity contribution >= 4 is 17.2 Å². The maximum atomic E-state index is 13.7. The third kappa shape index (κ3) is 3.55. The van der Waals surface area contributed by atoms with Crippen LogP contribution in [0, 0.1) is 18.3 Å². The van der Waals surface area contributed by atoms with Gasteiger partial charge in [0.25, 0.3) is 0 Å². The molecule has 0 unspecified atom stereocenters. The van der Waals surface area contributed by atoms with Crippen molar-refractivity contribution in [2.75, 3.05) is 26.2 Å². The van der Waals surface area contributed by atoms with Crippen LogP contribution in [0.2, 0.25) is 0 Å². The first-order valence-corrected chi connectivity index (χ1v) is 11.9. The molecule has 0 aromatic carbocycles. The lowest BCUT2D eigenvalue weighted by atomic mass is 9.75. The van der Waals surface area contributed by atoms with Gasteiger partial charge in [0.1, 0.15) is 0 Å². The molecule has 29 heavy (non-hydrogen) atoms. The minimum Gasteiger partial charge on any atom is -0.342 e. The fourth-order valence-corrected chi connectivity index (χ4v) is 6.16. The molecule has 2 atom stereocenters. The third-order valence-electron chi connectivity index (χ3n) is 7.08. The molecule has 2 saturated heterocycles. The van der Waals surface area contributed by atoms with Crippen molar-refractivity contribution in [1.82, 2.24) is 19.4 Å². The maximum Gasteiger partial charge on any atom is 0.230 e. The number of carbonyl (C=O) groups is 1. The Labute approximate surface area is 177 Å². The van der Waals surface area contributed by atoms with Crippen LogP contribution in [0.5, 0.6) is 0 Å². The fraction of sp³-hybridized carbons (Fsp3) is 0.652. The number of imidazole rings is 1. The van der Waals surface area contributed by atoms with Crippen molar-refractivity contribution in [1.29, 1.82) is 0 Å². The van der Waals surface area contributed by atoms with Crippen molar-refractivity contribution in [3.63, 3.8) is 0 Å². The maximum absolute atomic E-state index is 13.7. The van der Waals surface area contributed by atoms with E-state index >= 15 is 0 Å². The smallest absolute Gasteiger partial charge is 0.230 e. The molecule has 5 rings (SSSR count). The summed E-state index contributed by atoms with van der Waals surface area (Å²) in [5.41, 5.74) is 0.808. The molecule has 0 N–H and O–H groups in total. The van der Waals surface area contributed by atoms with Crippen LogP contribution in [0.25, 0.3) is 0 Å². The molecule has 6 heteroatoms. The van der Waals surface area contributed by atoms with E-state index in [9.17, 15) is 4.79 Å². The van der Waals surface area contributed by atoms with E-state index in [-0.39, 0.29) is 11.3 Å². The lowest BCUT2D eigenvalue weighted by molar-refractivity contribution is -0.136. The topological polar surface area (TPSA) is 41.4 Å². The van der Waals surface area contributed by atoms with E-state index in [2.05, 4.69) is 53.5 Å². The van der Waals surface area contributed by atoms with E-state index in [0.29, 0.717) is 11.9 Å². The summed E-state index contributed by atoms with van der Waals surface area (Å²) in [7, 11) is 0. The van der Waals surface area contributed by atoms with Crippen LogP contribution < -0.4 is 0 Å². The molecular weight excluding hydrogens is 380 g/mol. The Morgan fingerprint density at radius 3 is 2.79 bits per heavy atom. The molecule has 1 spiro atoms. The first-order valence-electron chi connectivity index (χ1n) is 11.0. The van der Waals surface area contributed by atoms with E-state index in [1.54, 1.807) is 0 Å². The van der Waals surface area contributed by atoms with Crippen LogP contribution in [0.15, 0.2) is 24.7 Å². The first kappa shape index (κ1) is 19.3. The van der Waals surface area contributed by atoms with Gasteiger partial charge in [-0.2, -0.15) is 0 Å². The van der Waals surface area contributed by atoms with E-state index in [4.69, 9.17) is 4.98 Å². The highest BCUT2D eigenvalue weighted by Crippen LogP contribution is 2.50. The Morgan fingerprint density at radius 2 is 2.14 bits per heavy atom. The second-order valence-corrected chi connectivity index (χ2v) is 11.0. The van der Waals surface area contributed by atoms with Gasteiger partial charge in [-0.15, -0.1) is 11.3 Å². The minimum absolute atomic E-state index is 0.195. The molecule has 2 aromatic rings. The van der Waals surface area contributed by atoms with Crippen LogP contribution in [-0.4, -0.2) is 51.4 Å². The zero-order valence-corrected chi connectivity index (χ0v) is 18.6. The van der Waals surface area contributed by atoms with Crippen molar-refractivity contribution in [3.8, 4) is 0 Å². The standard InChI is InChI=1S/C23H32N4OS/c1-16(2)27-13-21(24-15-27)20-12-25(11-19-7-4-17(3)29-19)14-23(20)8-9-26(22(23)28)10-18-5-6-18/h4,7,13,15-16,18,20H,5-6,8-12,14H2,1-3H3/t20-,23+/m0/s1. The summed E-state index contributed by atoms with van der Waals surface area (Å²) in [5, 5.41) is 0. The number of nitrogens with zero attached hydrogens (tertiary/aromatic N) is 4. The Hall–Kier alpha value is -1.66. The highest BCUT2D eigenvalue weighted by molar-refractivity contribution is 7.11. The Bertz CT molecular complexity index is 898. The highest BCUT2D eigenvalue weighted by atomic mass is 32.1. The predicted octanol–water partition coefficient (Wildman–Crippen LogP) is 4.06. The fourth-order valence-electron chi connectivity index (χ4n) is 5.22. The third-order valence-corrected chi connectivity index (χ3v) is 8.07. The highest BCUT2D eigenvalue weighted by Gasteiger charge is 2.58. The summed E-state index contributed by atoms with van der Waals surface area (Å²) in [6.45, 7) is 11.1. The number of aromatic nitrogens is 2. The van der Waals surface area contributed by atoms with Gasteiger partial charge in [-0.25, -0.2) is 4.98 Å². The van der Waals surface area contributed by atoms with E-state index < -0.39 is 0 Å². The molecule has 4 heterocycles. The average molecular weight is 413 g/mol. The van der Waals surface area contributed by atoms with E-state index in [0.717, 1.165) is 50.8 Å². The molecule has 1 saturated carbocycles. The second-order valence-electron chi connectivity index (χ2n) is 9.67. The molecule has 2 aromatic heterocycles. The number of likely N-dealkylation sites (tertiary alicyclic amines) is 2. The van der Waals surface area contributed by atoms with Gasteiger partial charge in [-0.3, -0.25) is 9.69 Å². The van der Waals surface area contributed by atoms with Gasteiger partial charge in [0.05, 0.1) is 17.4 Å². The molecule has 0 bridgehead atoms. The summed E-state index contributed by atoms with van der Waals surface area (Å²) in [6, 6.07) is 4.83. The molecule has 2 aliphatic heterocycles. The SMILES string of the molecule is Cc1ccc(CN2C[C@@H](c3cn(C(C)C)cn3)[C@@]3(CCN(CC4CC4)C3=O)C2)s1. The molecule has 1 amide bonds. The molecule has 3 aliphatic rings. The lowest BCUT2D eigenvalue weighted by Gasteiger charge is -2.28. The monoisotopic (exact) mass is 412 g/mol. The summed E-state index contributed by atoms with van der Waals surface area (Å²) in [5.74, 6) is 1.33. The summed E-state index contributed by atoms with van der Waals surface area (Å²) < 4.78 is 2.18. The number of amides is 1. The van der Waals surface area contributed by atoms with Crippen LogP contribution in [0.1, 0.15) is 60.5 Å². The van der Waals surface area contributed by atoms with Gasteiger partial charge >= 0.3 is 0 Å². The summed E-state index contributed by atoms with van der Waals surface area (Å²) in [4.78, 5) is 25.9. The normalized spacial score (nSPS) is 27.8. The van der Waals surface area contributed by atoms with Gasteiger partial charge in [-0.05, 0) is 58.1 Å². The molecule has 0 radical (unpaired) electrons. The number of hydrogen-bond acceptors (Lipinski definition) is 4. The molecule has 156 valence electrons. The summed E-state index contributed by atoms with van der Waals surface area (Å²) >= 11 is 1.87. The zero-order chi connectivity index (χ0) is 20.2. The summed E-state index contributed by atoms with van der Waals surface area (Å²) in [6.07, 6.45) is 7.69. The van der Waals surface area contributed by atoms with Crippen molar-refractivity contribution < 1.29 is 4.79 Å². The Balaban J connectivity index is 1.43. The average Bonchev–Trinajstić information content (AvgIpc) is 3.02. The molecule has 3 fully saturated rings. The first-order chi connectivity index (χ1) is 13.9. The number of hydrogen-bond donors (Lipinski definition) is 0. The zero-order valence-electron chi connectivity index (χ0n) is 17.8. The van der Waals surface area contributed by atoms with Gasteiger partial charge in [0.2, 0.25) is 5.91 Å². The lowest BCUT2D eigenvalue weighted by Crippen LogP contribution is -2.40. The number of rotatable bonds is 6. The Morgan fingerprint density at radius 1 is 1.31 bits per heavy atom. The molecule has 5 nitrogen and oxygen atoms in total. The largest absolute Gasteiger partial charge is 0.342 e. The number of thiophene rings is 1. The quantitative estimate of drug-likeness (QED) is 0.718. The van der Waals surface area contributed by atoms with Crippen LogP contribution >= 0.6 is 11.3 Å². The van der Waals surface area contributed by atoms with Crippen LogP contribution in [0.4, 0.5) is 0 Å². The molecular formula is C23H32N4OS. The van der Waals surface area contributed by atoms with Crippen LogP contribution in [0.3, 0.4) is 0 Å². The van der Waals surface area contributed by atoms with Gasteiger partial charge in [0.15, 0.2) is 0 Å². The van der Waals surface area contributed by atoms with Crippen molar-refractivity contribution in [2.24, 2.45) is 11.3 Å².